The highest BCUT2D eigenvalue weighted by molar-refractivity contribution is 7.99. The number of rotatable bonds is 4. The topological polar surface area (TPSA) is 67.1 Å². The zero-order valence-electron chi connectivity index (χ0n) is 10.1. The molecule has 0 amide bonds. The van der Waals surface area contributed by atoms with Gasteiger partial charge in [-0.1, -0.05) is 0 Å². The van der Waals surface area contributed by atoms with E-state index in [2.05, 4.69) is 20.2 Å². The van der Waals surface area contributed by atoms with Gasteiger partial charge in [0.2, 0.25) is 0 Å². The average Bonchev–Trinajstić information content (AvgIpc) is 2.36. The SMILES string of the molecule is Cc1c(N)ncnc1NCCN1CCSCC1. The summed E-state index contributed by atoms with van der Waals surface area (Å²) in [6, 6.07) is 0. The van der Waals surface area contributed by atoms with E-state index >= 15 is 0 Å². The van der Waals surface area contributed by atoms with Crippen molar-refractivity contribution in [2.75, 3.05) is 48.7 Å². The van der Waals surface area contributed by atoms with Gasteiger partial charge in [0.1, 0.15) is 18.0 Å². The maximum absolute atomic E-state index is 5.73. The molecule has 2 rings (SSSR count). The number of hydrogen-bond acceptors (Lipinski definition) is 6. The Morgan fingerprint density at radius 3 is 2.94 bits per heavy atom. The molecule has 6 heteroatoms. The summed E-state index contributed by atoms with van der Waals surface area (Å²) in [6.07, 6.45) is 1.50. The molecule has 1 aromatic rings. The van der Waals surface area contributed by atoms with E-state index in [-0.39, 0.29) is 0 Å². The van der Waals surface area contributed by atoms with Crippen molar-refractivity contribution >= 4 is 23.4 Å². The van der Waals surface area contributed by atoms with Crippen LogP contribution in [0.25, 0.3) is 0 Å². The first-order valence-corrected chi connectivity index (χ1v) is 7.04. The lowest BCUT2D eigenvalue weighted by Gasteiger charge is -2.26. The van der Waals surface area contributed by atoms with Crippen molar-refractivity contribution in [3.63, 3.8) is 0 Å². The van der Waals surface area contributed by atoms with Crippen LogP contribution in [-0.4, -0.2) is 52.6 Å². The van der Waals surface area contributed by atoms with Gasteiger partial charge in [0.25, 0.3) is 0 Å². The molecule has 0 saturated carbocycles. The second kappa shape index (κ2) is 6.07. The summed E-state index contributed by atoms with van der Waals surface area (Å²) in [7, 11) is 0. The van der Waals surface area contributed by atoms with Crippen LogP contribution >= 0.6 is 11.8 Å². The van der Waals surface area contributed by atoms with E-state index in [0.29, 0.717) is 5.82 Å². The average molecular weight is 253 g/mol. The summed E-state index contributed by atoms with van der Waals surface area (Å²) < 4.78 is 0. The van der Waals surface area contributed by atoms with Crippen LogP contribution in [0, 0.1) is 6.92 Å². The van der Waals surface area contributed by atoms with Gasteiger partial charge in [-0.3, -0.25) is 4.90 Å². The van der Waals surface area contributed by atoms with Crippen molar-refractivity contribution in [2.45, 2.75) is 6.92 Å². The van der Waals surface area contributed by atoms with Gasteiger partial charge < -0.3 is 11.1 Å². The van der Waals surface area contributed by atoms with Crippen LogP contribution in [0.1, 0.15) is 5.56 Å². The molecule has 1 aliphatic rings. The first kappa shape index (κ1) is 12.4. The molecule has 0 aliphatic carbocycles. The molecule has 0 unspecified atom stereocenters. The van der Waals surface area contributed by atoms with Crippen LogP contribution in [0.3, 0.4) is 0 Å². The second-order valence-corrected chi connectivity index (χ2v) is 5.34. The van der Waals surface area contributed by atoms with E-state index < -0.39 is 0 Å². The quantitative estimate of drug-likeness (QED) is 0.828. The molecule has 5 nitrogen and oxygen atoms in total. The van der Waals surface area contributed by atoms with Gasteiger partial charge in [0, 0.05) is 43.2 Å². The molecule has 0 radical (unpaired) electrons. The zero-order chi connectivity index (χ0) is 12.1. The van der Waals surface area contributed by atoms with E-state index in [4.69, 9.17) is 5.73 Å². The Bertz CT molecular complexity index is 365. The van der Waals surface area contributed by atoms with E-state index in [1.807, 2.05) is 18.7 Å². The number of hydrogen-bond donors (Lipinski definition) is 2. The number of anilines is 2. The molecule has 0 aromatic carbocycles. The Morgan fingerprint density at radius 2 is 2.18 bits per heavy atom. The first-order chi connectivity index (χ1) is 8.27. The van der Waals surface area contributed by atoms with Crippen molar-refractivity contribution in [2.24, 2.45) is 0 Å². The molecular weight excluding hydrogens is 234 g/mol. The lowest BCUT2D eigenvalue weighted by atomic mass is 10.3. The fourth-order valence-electron chi connectivity index (χ4n) is 1.80. The summed E-state index contributed by atoms with van der Waals surface area (Å²) in [5.74, 6) is 3.90. The fourth-order valence-corrected chi connectivity index (χ4v) is 2.78. The molecule has 17 heavy (non-hydrogen) atoms. The normalized spacial score (nSPS) is 17.0. The van der Waals surface area contributed by atoms with Gasteiger partial charge in [-0.25, -0.2) is 9.97 Å². The minimum Gasteiger partial charge on any atom is -0.383 e. The Morgan fingerprint density at radius 1 is 1.41 bits per heavy atom. The Kier molecular flexibility index (Phi) is 4.44. The van der Waals surface area contributed by atoms with E-state index in [1.165, 1.54) is 30.9 Å². The molecule has 2 heterocycles. The van der Waals surface area contributed by atoms with Gasteiger partial charge >= 0.3 is 0 Å². The lowest BCUT2D eigenvalue weighted by molar-refractivity contribution is 0.314. The molecule has 0 spiro atoms. The van der Waals surface area contributed by atoms with Crippen LogP contribution in [0.4, 0.5) is 11.6 Å². The van der Waals surface area contributed by atoms with Gasteiger partial charge in [0.05, 0.1) is 0 Å². The minimum atomic E-state index is 0.553. The third-order valence-corrected chi connectivity index (χ3v) is 3.89. The summed E-state index contributed by atoms with van der Waals surface area (Å²) in [6.45, 7) is 6.29. The van der Waals surface area contributed by atoms with Crippen LogP contribution in [0.15, 0.2) is 6.33 Å². The highest BCUT2D eigenvalue weighted by atomic mass is 32.2. The molecule has 3 N–H and O–H groups in total. The highest BCUT2D eigenvalue weighted by Gasteiger charge is 2.10. The van der Waals surface area contributed by atoms with Crippen molar-refractivity contribution in [1.82, 2.24) is 14.9 Å². The standard InChI is InChI=1S/C11H19N5S/c1-9-10(12)14-8-15-11(9)13-2-3-16-4-6-17-7-5-16/h8H,2-7H2,1H3,(H3,12,13,14,15). The second-order valence-electron chi connectivity index (χ2n) is 4.11. The van der Waals surface area contributed by atoms with Gasteiger partial charge in [-0.2, -0.15) is 11.8 Å². The van der Waals surface area contributed by atoms with Crippen molar-refractivity contribution in [3.8, 4) is 0 Å². The van der Waals surface area contributed by atoms with Gasteiger partial charge in [-0.05, 0) is 6.92 Å². The zero-order valence-corrected chi connectivity index (χ0v) is 11.0. The molecule has 0 bridgehead atoms. The highest BCUT2D eigenvalue weighted by Crippen LogP contribution is 2.14. The van der Waals surface area contributed by atoms with Crippen molar-refractivity contribution < 1.29 is 0 Å². The Hall–Kier alpha value is -1.01. The predicted molar refractivity (Wildman–Crippen MR) is 73.4 cm³/mol. The molecule has 94 valence electrons. The largest absolute Gasteiger partial charge is 0.383 e. The summed E-state index contributed by atoms with van der Waals surface area (Å²) in [5.41, 5.74) is 6.66. The Balaban J connectivity index is 1.79. The molecular formula is C11H19N5S. The van der Waals surface area contributed by atoms with Crippen LogP contribution in [-0.2, 0) is 0 Å². The third-order valence-electron chi connectivity index (χ3n) is 2.95. The van der Waals surface area contributed by atoms with Crippen molar-refractivity contribution in [3.05, 3.63) is 11.9 Å². The lowest BCUT2D eigenvalue weighted by Crippen LogP contribution is -2.36. The fraction of sp³-hybridized carbons (Fsp3) is 0.636. The molecule has 1 aromatic heterocycles. The van der Waals surface area contributed by atoms with Crippen LogP contribution in [0.5, 0.6) is 0 Å². The number of nitrogens with zero attached hydrogens (tertiary/aromatic N) is 3. The van der Waals surface area contributed by atoms with Gasteiger partial charge in [-0.15, -0.1) is 0 Å². The molecule has 1 saturated heterocycles. The maximum atomic E-state index is 5.73. The number of thioether (sulfide) groups is 1. The van der Waals surface area contributed by atoms with Crippen LogP contribution < -0.4 is 11.1 Å². The summed E-state index contributed by atoms with van der Waals surface area (Å²) >= 11 is 2.03. The molecule has 1 fully saturated rings. The predicted octanol–water partition coefficient (Wildman–Crippen LogP) is 0.828. The van der Waals surface area contributed by atoms with E-state index in [1.54, 1.807) is 0 Å². The minimum absolute atomic E-state index is 0.553. The van der Waals surface area contributed by atoms with Gasteiger partial charge in [0.15, 0.2) is 0 Å². The molecule has 0 atom stereocenters. The third kappa shape index (κ3) is 3.47. The van der Waals surface area contributed by atoms with Crippen LogP contribution in [0.2, 0.25) is 0 Å². The van der Waals surface area contributed by atoms with Crippen molar-refractivity contribution in [1.29, 1.82) is 0 Å². The summed E-state index contributed by atoms with van der Waals surface area (Å²) in [4.78, 5) is 10.6. The van der Waals surface area contributed by atoms with E-state index in [0.717, 1.165) is 24.5 Å². The number of nitrogen functional groups attached to an aromatic ring is 1. The number of nitrogens with one attached hydrogen (secondary N) is 1. The Labute approximate surface area is 106 Å². The first-order valence-electron chi connectivity index (χ1n) is 5.88. The number of aromatic nitrogens is 2. The summed E-state index contributed by atoms with van der Waals surface area (Å²) in [5, 5.41) is 3.32. The smallest absolute Gasteiger partial charge is 0.134 e. The maximum Gasteiger partial charge on any atom is 0.134 e. The monoisotopic (exact) mass is 253 g/mol. The number of nitrogens with two attached hydrogens (primary N) is 1. The molecule has 1 aliphatic heterocycles. The van der Waals surface area contributed by atoms with E-state index in [9.17, 15) is 0 Å².